The molecule has 1 saturated carbocycles. The maximum Gasteiger partial charge on any atom is 0.283 e. The lowest BCUT2D eigenvalue weighted by atomic mass is 10.1. The van der Waals surface area contributed by atoms with Gasteiger partial charge in [0.1, 0.15) is 0 Å². The van der Waals surface area contributed by atoms with Crippen LogP contribution in [0.15, 0.2) is 24.3 Å². The third-order valence-corrected chi connectivity index (χ3v) is 6.29. The molecular weight excluding hydrogens is 296 g/mol. The quantitative estimate of drug-likeness (QED) is 0.724. The lowest BCUT2D eigenvalue weighted by Crippen LogP contribution is -2.46. The van der Waals surface area contributed by atoms with Gasteiger partial charge in [0.25, 0.3) is 10.2 Å². The maximum absolute atomic E-state index is 12.8. The molecule has 4 nitrogen and oxygen atoms in total. The van der Waals surface area contributed by atoms with E-state index in [1.54, 1.807) is 7.05 Å². The summed E-state index contributed by atoms with van der Waals surface area (Å²) in [5.74, 6) is 2.94. The van der Waals surface area contributed by atoms with Crippen LogP contribution in [0.5, 0.6) is 0 Å². The number of terminal acetylenes is 1. The highest BCUT2D eigenvalue weighted by molar-refractivity contribution is 7.86. The first-order valence-electron chi connectivity index (χ1n) is 7.58. The van der Waals surface area contributed by atoms with Crippen molar-refractivity contribution in [2.75, 3.05) is 13.6 Å². The van der Waals surface area contributed by atoms with Crippen LogP contribution in [0.3, 0.4) is 0 Å². The number of rotatable bonds is 7. The second-order valence-electron chi connectivity index (χ2n) is 6.06. The Morgan fingerprint density at radius 2 is 1.91 bits per heavy atom. The lowest BCUT2D eigenvalue weighted by molar-refractivity contribution is 0.315. The lowest BCUT2D eigenvalue weighted by Gasteiger charge is -2.30. The largest absolute Gasteiger partial charge is 0.283 e. The predicted molar refractivity (Wildman–Crippen MR) is 89.3 cm³/mol. The number of aryl methyl sites for hydroxylation is 1. The van der Waals surface area contributed by atoms with Crippen molar-refractivity contribution in [3.05, 3.63) is 35.4 Å². The van der Waals surface area contributed by atoms with E-state index in [4.69, 9.17) is 6.42 Å². The summed E-state index contributed by atoms with van der Waals surface area (Å²) in [5.41, 5.74) is 2.09. The van der Waals surface area contributed by atoms with Crippen molar-refractivity contribution in [3.63, 3.8) is 0 Å². The molecule has 0 spiro atoms. The number of nitrogens with zero attached hydrogens (tertiary/aromatic N) is 2. The van der Waals surface area contributed by atoms with E-state index >= 15 is 0 Å². The summed E-state index contributed by atoms with van der Waals surface area (Å²) in [6.45, 7) is 4.35. The van der Waals surface area contributed by atoms with Gasteiger partial charge in [0.2, 0.25) is 0 Å². The Kier molecular flexibility index (Phi) is 5.28. The molecule has 0 aromatic heterocycles. The van der Waals surface area contributed by atoms with Gasteiger partial charge in [0, 0.05) is 19.6 Å². The Hall–Kier alpha value is -1.35. The summed E-state index contributed by atoms with van der Waals surface area (Å²) >= 11 is 0. The van der Waals surface area contributed by atoms with Crippen molar-refractivity contribution >= 4 is 10.2 Å². The van der Waals surface area contributed by atoms with Gasteiger partial charge in [-0.05, 0) is 38.2 Å². The Bertz CT molecular complexity index is 642. The molecular formula is C17H24N2O2S. The minimum Gasteiger partial charge on any atom is -0.195 e. The maximum atomic E-state index is 12.8. The van der Waals surface area contributed by atoms with Crippen molar-refractivity contribution in [2.45, 2.75) is 39.3 Å². The van der Waals surface area contributed by atoms with E-state index < -0.39 is 10.2 Å². The van der Waals surface area contributed by atoms with Crippen LogP contribution in [0.4, 0.5) is 0 Å². The summed E-state index contributed by atoms with van der Waals surface area (Å²) < 4.78 is 28.5. The van der Waals surface area contributed by atoms with Gasteiger partial charge in [0.05, 0.1) is 6.54 Å². The molecule has 0 N–H and O–H groups in total. The van der Waals surface area contributed by atoms with Crippen LogP contribution in [0, 0.1) is 25.2 Å². The van der Waals surface area contributed by atoms with Crippen LogP contribution >= 0.6 is 0 Å². The zero-order valence-corrected chi connectivity index (χ0v) is 14.3. The van der Waals surface area contributed by atoms with Gasteiger partial charge in [0.15, 0.2) is 0 Å². The van der Waals surface area contributed by atoms with Crippen molar-refractivity contribution in [1.29, 1.82) is 0 Å². The molecule has 1 aliphatic carbocycles. The van der Waals surface area contributed by atoms with E-state index in [0.717, 1.165) is 24.0 Å². The molecule has 1 atom stereocenters. The van der Waals surface area contributed by atoms with Crippen molar-refractivity contribution in [2.24, 2.45) is 5.92 Å². The Morgan fingerprint density at radius 1 is 1.32 bits per heavy atom. The highest BCUT2D eigenvalue weighted by Gasteiger charge is 2.37. The first-order chi connectivity index (χ1) is 10.4. The van der Waals surface area contributed by atoms with E-state index in [1.165, 1.54) is 8.61 Å². The number of hydrogen-bond acceptors (Lipinski definition) is 2. The van der Waals surface area contributed by atoms with Gasteiger partial charge in [-0.2, -0.15) is 17.0 Å². The summed E-state index contributed by atoms with van der Waals surface area (Å²) in [7, 11) is -1.90. The zero-order valence-electron chi connectivity index (χ0n) is 13.5. The summed E-state index contributed by atoms with van der Waals surface area (Å²) in [5, 5.41) is 0. The Labute approximate surface area is 134 Å². The van der Waals surface area contributed by atoms with Gasteiger partial charge in [-0.15, -0.1) is 6.42 Å². The summed E-state index contributed by atoms with van der Waals surface area (Å²) in [6, 6.07) is 7.86. The highest BCUT2D eigenvalue weighted by atomic mass is 32.2. The van der Waals surface area contributed by atoms with Crippen LogP contribution in [0.25, 0.3) is 0 Å². The monoisotopic (exact) mass is 320 g/mol. The predicted octanol–water partition coefficient (Wildman–Crippen LogP) is 2.41. The Morgan fingerprint density at radius 3 is 2.41 bits per heavy atom. The molecule has 0 aliphatic heterocycles. The van der Waals surface area contributed by atoms with Crippen LogP contribution in [-0.2, 0) is 16.8 Å². The van der Waals surface area contributed by atoms with Crippen LogP contribution in [0.1, 0.15) is 30.9 Å². The minimum absolute atomic E-state index is 0.0169. The van der Waals surface area contributed by atoms with Gasteiger partial charge < -0.3 is 0 Å². The molecule has 1 aromatic carbocycles. The van der Waals surface area contributed by atoms with E-state index in [-0.39, 0.29) is 12.6 Å². The smallest absolute Gasteiger partial charge is 0.195 e. The molecule has 5 heteroatoms. The molecule has 0 bridgehead atoms. The average molecular weight is 320 g/mol. The number of benzene rings is 1. The van der Waals surface area contributed by atoms with Crippen LogP contribution < -0.4 is 0 Å². The van der Waals surface area contributed by atoms with Gasteiger partial charge in [-0.3, -0.25) is 0 Å². The van der Waals surface area contributed by atoms with Crippen LogP contribution in [-0.4, -0.2) is 36.7 Å². The second-order valence-corrected chi connectivity index (χ2v) is 8.05. The van der Waals surface area contributed by atoms with E-state index in [2.05, 4.69) is 5.92 Å². The summed E-state index contributed by atoms with van der Waals surface area (Å²) in [4.78, 5) is 0. The van der Waals surface area contributed by atoms with Gasteiger partial charge in [-0.25, -0.2) is 0 Å². The van der Waals surface area contributed by atoms with Crippen molar-refractivity contribution in [1.82, 2.24) is 8.61 Å². The molecule has 1 aliphatic rings. The average Bonchev–Trinajstić information content (AvgIpc) is 3.32. The van der Waals surface area contributed by atoms with Gasteiger partial charge >= 0.3 is 0 Å². The normalized spacial score (nSPS) is 16.7. The first-order valence-corrected chi connectivity index (χ1v) is 8.98. The minimum atomic E-state index is -3.55. The fourth-order valence-corrected chi connectivity index (χ4v) is 3.99. The summed E-state index contributed by atoms with van der Waals surface area (Å²) in [6.07, 6.45) is 7.59. The standard InChI is InChI=1S/C17H24N2O2S/c1-5-12-19(13-16-8-6-14(2)7-9-16)22(20,21)18(4)15(3)17-10-11-17/h1,6-9,15,17H,10-13H2,2-4H3/t15-/m1/s1. The molecule has 1 aromatic rings. The third-order valence-electron chi connectivity index (χ3n) is 4.32. The molecule has 120 valence electrons. The van der Waals surface area contributed by atoms with Crippen molar-refractivity contribution in [3.8, 4) is 12.3 Å². The first kappa shape index (κ1) is 17.0. The molecule has 0 radical (unpaired) electrons. The van der Waals surface area contributed by atoms with E-state index in [9.17, 15) is 8.42 Å². The second kappa shape index (κ2) is 6.82. The molecule has 0 saturated heterocycles. The van der Waals surface area contributed by atoms with Crippen molar-refractivity contribution < 1.29 is 8.42 Å². The highest BCUT2D eigenvalue weighted by Crippen LogP contribution is 2.36. The SMILES string of the molecule is C#CCN(Cc1ccc(C)cc1)S(=O)(=O)N(C)[C@H](C)C1CC1. The molecule has 2 rings (SSSR count). The zero-order chi connectivity index (χ0) is 16.3. The molecule has 22 heavy (non-hydrogen) atoms. The van der Waals surface area contributed by atoms with Crippen LogP contribution in [0.2, 0.25) is 0 Å². The fourth-order valence-electron chi connectivity index (χ4n) is 2.49. The fraction of sp³-hybridized carbons (Fsp3) is 0.529. The molecule has 0 amide bonds. The van der Waals surface area contributed by atoms with Gasteiger partial charge in [-0.1, -0.05) is 35.7 Å². The molecule has 0 heterocycles. The molecule has 0 unspecified atom stereocenters. The Balaban J connectivity index is 2.18. The van der Waals surface area contributed by atoms with E-state index in [0.29, 0.717) is 12.5 Å². The molecule has 1 fully saturated rings. The third kappa shape index (κ3) is 3.89. The topological polar surface area (TPSA) is 40.6 Å². The number of hydrogen-bond donors (Lipinski definition) is 0. The van der Waals surface area contributed by atoms with E-state index in [1.807, 2.05) is 38.1 Å².